The zero-order chi connectivity index (χ0) is 17.1. The van der Waals surface area contributed by atoms with E-state index in [1.165, 1.54) is 0 Å². The summed E-state index contributed by atoms with van der Waals surface area (Å²) in [5, 5.41) is 4.41. The molecule has 0 aliphatic rings. The predicted octanol–water partition coefficient (Wildman–Crippen LogP) is 5.19. The van der Waals surface area contributed by atoms with Gasteiger partial charge in [0.1, 0.15) is 5.75 Å². The Kier molecular flexibility index (Phi) is 4.53. The van der Waals surface area contributed by atoms with Crippen molar-refractivity contribution in [2.75, 3.05) is 0 Å². The number of rotatable bonds is 3. The number of carbonyl (C=O) groups excluding carboxylic acids is 1. The van der Waals surface area contributed by atoms with Gasteiger partial charge in [0, 0.05) is 12.5 Å². The summed E-state index contributed by atoms with van der Waals surface area (Å²) in [6.45, 7) is 3.48. The van der Waals surface area contributed by atoms with E-state index >= 15 is 0 Å². The molecule has 0 aliphatic heterocycles. The van der Waals surface area contributed by atoms with Gasteiger partial charge in [-0.15, -0.1) is 0 Å². The monoisotopic (exact) mass is 343 g/mol. The molecule has 0 saturated carbocycles. The van der Waals surface area contributed by atoms with Gasteiger partial charge >= 0.3 is 6.16 Å². The van der Waals surface area contributed by atoms with Crippen LogP contribution in [0.4, 0.5) is 4.79 Å². The van der Waals surface area contributed by atoms with Crippen molar-refractivity contribution in [1.82, 2.24) is 5.16 Å². The highest BCUT2D eigenvalue weighted by Crippen LogP contribution is 2.36. The van der Waals surface area contributed by atoms with Gasteiger partial charge in [-0.05, 0) is 24.6 Å². The van der Waals surface area contributed by atoms with Gasteiger partial charge in [-0.25, -0.2) is 4.79 Å². The first-order valence-electron chi connectivity index (χ1n) is 7.22. The smallest absolute Gasteiger partial charge is 0.394 e. The molecule has 0 N–H and O–H groups in total. The number of ether oxygens (including phenoxy) is 2. The van der Waals surface area contributed by atoms with E-state index in [4.69, 9.17) is 25.6 Å². The molecule has 0 amide bonds. The molecule has 1 heterocycles. The van der Waals surface area contributed by atoms with Crippen LogP contribution in [0.5, 0.6) is 11.5 Å². The van der Waals surface area contributed by atoms with Gasteiger partial charge in [0.25, 0.3) is 0 Å². The van der Waals surface area contributed by atoms with Crippen molar-refractivity contribution < 1.29 is 18.8 Å². The highest BCUT2D eigenvalue weighted by Gasteiger charge is 2.22. The van der Waals surface area contributed by atoms with Gasteiger partial charge in [-0.1, -0.05) is 53.2 Å². The molecule has 0 fully saturated rings. The first kappa shape index (κ1) is 16.1. The normalized spacial score (nSPS) is 10.5. The number of benzene rings is 2. The maximum Gasteiger partial charge on any atom is 0.519 e. The highest BCUT2D eigenvalue weighted by molar-refractivity contribution is 6.33. The molecule has 0 saturated heterocycles. The van der Waals surface area contributed by atoms with Crippen molar-refractivity contribution in [3.63, 3.8) is 0 Å². The molecule has 0 aliphatic carbocycles. The minimum absolute atomic E-state index is 0.182. The van der Waals surface area contributed by atoms with E-state index < -0.39 is 6.16 Å². The van der Waals surface area contributed by atoms with Crippen molar-refractivity contribution in [1.29, 1.82) is 0 Å². The van der Waals surface area contributed by atoms with E-state index in [-0.39, 0.29) is 5.75 Å². The summed E-state index contributed by atoms with van der Waals surface area (Å²) in [6, 6.07) is 14.2. The molecule has 0 bridgehead atoms. The molecule has 0 atom stereocenters. The molecular formula is C18H14ClNO4. The zero-order valence-electron chi connectivity index (χ0n) is 13.1. The summed E-state index contributed by atoms with van der Waals surface area (Å²) >= 11 is 6.17. The van der Waals surface area contributed by atoms with Crippen molar-refractivity contribution >= 4 is 17.8 Å². The lowest BCUT2D eigenvalue weighted by atomic mass is 10.1. The van der Waals surface area contributed by atoms with E-state index in [0.29, 0.717) is 27.8 Å². The second-order valence-electron chi connectivity index (χ2n) is 5.12. The Labute approximate surface area is 143 Å². The Morgan fingerprint density at radius 1 is 1.04 bits per heavy atom. The van der Waals surface area contributed by atoms with Gasteiger partial charge in [0.05, 0.1) is 5.02 Å². The molecule has 1 aromatic heterocycles. The largest absolute Gasteiger partial charge is 0.519 e. The van der Waals surface area contributed by atoms with Gasteiger partial charge in [-0.3, -0.25) is 0 Å². The Morgan fingerprint density at radius 2 is 1.75 bits per heavy atom. The maximum absolute atomic E-state index is 12.1. The summed E-state index contributed by atoms with van der Waals surface area (Å²) in [4.78, 5) is 12.1. The van der Waals surface area contributed by atoms with Crippen LogP contribution in [0.3, 0.4) is 0 Å². The second-order valence-corrected chi connectivity index (χ2v) is 5.52. The van der Waals surface area contributed by atoms with Gasteiger partial charge in [-0.2, -0.15) is 0 Å². The quantitative estimate of drug-likeness (QED) is 0.483. The summed E-state index contributed by atoms with van der Waals surface area (Å²) in [7, 11) is 0. The van der Waals surface area contributed by atoms with Crippen LogP contribution in [0.25, 0.3) is 11.3 Å². The van der Waals surface area contributed by atoms with Crippen molar-refractivity contribution in [2.45, 2.75) is 13.8 Å². The fourth-order valence-electron chi connectivity index (χ4n) is 2.17. The summed E-state index contributed by atoms with van der Waals surface area (Å²) < 4.78 is 15.7. The Hall–Kier alpha value is -2.79. The van der Waals surface area contributed by atoms with Crippen molar-refractivity contribution in [2.24, 2.45) is 0 Å². The van der Waals surface area contributed by atoms with Crippen LogP contribution < -0.4 is 9.47 Å². The summed E-state index contributed by atoms with van der Waals surface area (Å²) in [5.41, 5.74) is 1.78. The van der Waals surface area contributed by atoms with Gasteiger partial charge in [0.15, 0.2) is 11.5 Å². The van der Waals surface area contributed by atoms with E-state index in [1.807, 2.05) is 19.1 Å². The number of halogens is 1. The molecule has 0 spiro atoms. The lowest BCUT2D eigenvalue weighted by Gasteiger charge is -2.08. The third-order valence-corrected chi connectivity index (χ3v) is 3.74. The molecule has 2 aromatic carbocycles. The lowest BCUT2D eigenvalue weighted by molar-refractivity contribution is 0.151. The number of hydrogen-bond donors (Lipinski definition) is 0. The molecule has 122 valence electrons. The minimum atomic E-state index is -0.871. The lowest BCUT2D eigenvalue weighted by Crippen LogP contribution is -2.15. The van der Waals surface area contributed by atoms with Crippen LogP contribution in [0.2, 0.25) is 5.02 Å². The van der Waals surface area contributed by atoms with E-state index in [0.717, 1.165) is 5.56 Å². The molecule has 0 unspecified atom stereocenters. The summed E-state index contributed by atoms with van der Waals surface area (Å²) in [5.74, 6) is 0.962. The molecule has 5 nitrogen and oxygen atoms in total. The molecule has 6 heteroatoms. The average Bonchev–Trinajstić information content (AvgIpc) is 2.91. The standard InChI is InChI=1S/C18H14ClNO4/c1-11-7-3-6-10-15(11)22-18(21)23-17-12(2)24-20-16(17)13-8-4-5-9-14(13)19/h3-10H,1-2H3. The SMILES string of the molecule is Cc1ccccc1OC(=O)Oc1c(-c2ccccc2Cl)noc1C. The van der Waals surface area contributed by atoms with Gasteiger partial charge < -0.3 is 14.0 Å². The van der Waals surface area contributed by atoms with Crippen molar-refractivity contribution in [3.8, 4) is 22.8 Å². The van der Waals surface area contributed by atoms with Crippen molar-refractivity contribution in [3.05, 3.63) is 64.9 Å². The van der Waals surface area contributed by atoms with E-state index in [1.54, 1.807) is 43.3 Å². The minimum Gasteiger partial charge on any atom is -0.394 e. The number of aryl methyl sites for hydroxylation is 2. The van der Waals surface area contributed by atoms with Crippen LogP contribution >= 0.6 is 11.6 Å². The first-order valence-corrected chi connectivity index (χ1v) is 7.60. The Balaban J connectivity index is 1.86. The van der Waals surface area contributed by atoms with Gasteiger partial charge in [0.2, 0.25) is 5.75 Å². The number of hydrogen-bond acceptors (Lipinski definition) is 5. The molecular weight excluding hydrogens is 330 g/mol. The van der Waals surface area contributed by atoms with Crippen LogP contribution in [0, 0.1) is 13.8 Å². The fourth-order valence-corrected chi connectivity index (χ4v) is 2.40. The number of para-hydroxylation sites is 1. The highest BCUT2D eigenvalue weighted by atomic mass is 35.5. The third-order valence-electron chi connectivity index (χ3n) is 3.41. The Morgan fingerprint density at radius 3 is 2.50 bits per heavy atom. The van der Waals surface area contributed by atoms with Crippen LogP contribution in [-0.4, -0.2) is 11.3 Å². The number of nitrogens with zero attached hydrogens (tertiary/aromatic N) is 1. The third kappa shape index (κ3) is 3.26. The molecule has 24 heavy (non-hydrogen) atoms. The van der Waals surface area contributed by atoms with Crippen LogP contribution in [0.1, 0.15) is 11.3 Å². The maximum atomic E-state index is 12.1. The molecule has 0 radical (unpaired) electrons. The topological polar surface area (TPSA) is 61.6 Å². The van der Waals surface area contributed by atoms with Crippen LogP contribution in [-0.2, 0) is 0 Å². The second kappa shape index (κ2) is 6.76. The Bertz CT molecular complexity index is 888. The zero-order valence-corrected chi connectivity index (χ0v) is 13.8. The number of carbonyl (C=O) groups is 1. The number of aromatic nitrogens is 1. The van der Waals surface area contributed by atoms with Crippen LogP contribution in [0.15, 0.2) is 53.1 Å². The molecule has 3 aromatic rings. The van der Waals surface area contributed by atoms with E-state index in [9.17, 15) is 4.79 Å². The molecule has 3 rings (SSSR count). The fraction of sp³-hybridized carbons (Fsp3) is 0.111. The first-order chi connectivity index (χ1) is 11.6. The average molecular weight is 344 g/mol. The predicted molar refractivity (Wildman–Crippen MR) is 89.5 cm³/mol. The van der Waals surface area contributed by atoms with E-state index in [2.05, 4.69) is 5.16 Å². The summed E-state index contributed by atoms with van der Waals surface area (Å²) in [6.07, 6.45) is -0.871.